The van der Waals surface area contributed by atoms with Gasteiger partial charge in [0.25, 0.3) is 0 Å². The SMILES string of the molecule is CCOC(=O)CN/N=C(\C(=O)OC)c1ccccc1. The van der Waals surface area contributed by atoms with Crippen LogP contribution in [0.3, 0.4) is 0 Å². The number of ether oxygens (including phenoxy) is 2. The largest absolute Gasteiger partial charge is 0.465 e. The second kappa shape index (κ2) is 7.86. The van der Waals surface area contributed by atoms with Crippen molar-refractivity contribution < 1.29 is 19.1 Å². The van der Waals surface area contributed by atoms with Crippen LogP contribution < -0.4 is 5.43 Å². The van der Waals surface area contributed by atoms with Crippen LogP contribution in [-0.4, -0.2) is 37.9 Å². The molecule has 0 amide bonds. The molecule has 0 aromatic heterocycles. The fraction of sp³-hybridized carbons (Fsp3) is 0.308. The molecular formula is C13H16N2O4. The number of carbonyl (C=O) groups excluding carboxylic acids is 2. The Kier molecular flexibility index (Phi) is 6.08. The lowest BCUT2D eigenvalue weighted by atomic mass is 10.1. The predicted octanol–water partition coefficient (Wildman–Crippen LogP) is 0.716. The van der Waals surface area contributed by atoms with E-state index in [1.807, 2.05) is 6.07 Å². The third kappa shape index (κ3) is 4.79. The Balaban J connectivity index is 2.75. The van der Waals surface area contributed by atoms with Gasteiger partial charge in [0.2, 0.25) is 0 Å². The number of esters is 2. The lowest BCUT2D eigenvalue weighted by molar-refractivity contribution is -0.142. The maximum absolute atomic E-state index is 11.6. The molecule has 0 fully saturated rings. The molecule has 0 bridgehead atoms. The van der Waals surface area contributed by atoms with Gasteiger partial charge >= 0.3 is 11.9 Å². The molecule has 19 heavy (non-hydrogen) atoms. The molecule has 0 radical (unpaired) electrons. The maximum Gasteiger partial charge on any atom is 0.359 e. The van der Waals surface area contributed by atoms with E-state index >= 15 is 0 Å². The highest BCUT2D eigenvalue weighted by molar-refractivity contribution is 6.43. The van der Waals surface area contributed by atoms with Gasteiger partial charge in [-0.1, -0.05) is 30.3 Å². The van der Waals surface area contributed by atoms with Gasteiger partial charge in [0.15, 0.2) is 5.71 Å². The summed E-state index contributed by atoms with van der Waals surface area (Å²) in [5, 5.41) is 3.88. The van der Waals surface area contributed by atoms with Gasteiger partial charge in [-0.05, 0) is 6.92 Å². The van der Waals surface area contributed by atoms with Crippen LogP contribution in [0.5, 0.6) is 0 Å². The third-order valence-electron chi connectivity index (χ3n) is 2.15. The molecule has 0 aliphatic carbocycles. The Morgan fingerprint density at radius 3 is 2.53 bits per heavy atom. The summed E-state index contributed by atoms with van der Waals surface area (Å²) in [5.74, 6) is -1.02. The zero-order valence-electron chi connectivity index (χ0n) is 10.9. The highest BCUT2D eigenvalue weighted by atomic mass is 16.5. The van der Waals surface area contributed by atoms with Gasteiger partial charge in [-0.2, -0.15) is 5.10 Å². The lowest BCUT2D eigenvalue weighted by Gasteiger charge is -2.06. The molecule has 0 heterocycles. The van der Waals surface area contributed by atoms with E-state index in [0.29, 0.717) is 12.2 Å². The van der Waals surface area contributed by atoms with Gasteiger partial charge in [0.05, 0.1) is 13.7 Å². The minimum Gasteiger partial charge on any atom is -0.465 e. The van der Waals surface area contributed by atoms with E-state index in [9.17, 15) is 9.59 Å². The van der Waals surface area contributed by atoms with E-state index < -0.39 is 11.9 Å². The summed E-state index contributed by atoms with van der Waals surface area (Å²) in [6.07, 6.45) is 0. The molecule has 0 aliphatic rings. The summed E-state index contributed by atoms with van der Waals surface area (Å²) in [6.45, 7) is 1.90. The Labute approximate surface area is 111 Å². The molecule has 1 aromatic rings. The summed E-state index contributed by atoms with van der Waals surface area (Å²) in [6, 6.07) is 8.83. The first-order chi connectivity index (χ1) is 9.19. The fourth-order valence-corrected chi connectivity index (χ4v) is 1.32. The number of hydrogen-bond acceptors (Lipinski definition) is 6. The number of methoxy groups -OCH3 is 1. The van der Waals surface area contributed by atoms with Crippen molar-refractivity contribution in [2.75, 3.05) is 20.3 Å². The topological polar surface area (TPSA) is 77.0 Å². The predicted molar refractivity (Wildman–Crippen MR) is 69.6 cm³/mol. The summed E-state index contributed by atoms with van der Waals surface area (Å²) in [7, 11) is 1.27. The monoisotopic (exact) mass is 264 g/mol. The van der Waals surface area contributed by atoms with E-state index in [1.54, 1.807) is 31.2 Å². The Morgan fingerprint density at radius 2 is 1.95 bits per heavy atom. The van der Waals surface area contributed by atoms with Crippen molar-refractivity contribution in [1.29, 1.82) is 0 Å². The van der Waals surface area contributed by atoms with Crippen LogP contribution in [0.25, 0.3) is 0 Å². The molecule has 6 heteroatoms. The second-order valence-electron chi connectivity index (χ2n) is 3.46. The first-order valence-corrected chi connectivity index (χ1v) is 5.79. The van der Waals surface area contributed by atoms with Gasteiger partial charge < -0.3 is 9.47 Å². The van der Waals surface area contributed by atoms with Crippen LogP contribution >= 0.6 is 0 Å². The molecule has 0 spiro atoms. The van der Waals surface area contributed by atoms with E-state index in [-0.39, 0.29) is 12.3 Å². The summed E-state index contributed by atoms with van der Waals surface area (Å²) in [4.78, 5) is 22.7. The first-order valence-electron chi connectivity index (χ1n) is 5.79. The molecule has 1 rings (SSSR count). The lowest BCUT2D eigenvalue weighted by Crippen LogP contribution is -2.25. The molecule has 0 saturated carbocycles. The van der Waals surface area contributed by atoms with Gasteiger partial charge in [-0.3, -0.25) is 10.2 Å². The van der Waals surface area contributed by atoms with Crippen molar-refractivity contribution in [3.8, 4) is 0 Å². The van der Waals surface area contributed by atoms with Crippen molar-refractivity contribution in [3.63, 3.8) is 0 Å². The molecule has 6 nitrogen and oxygen atoms in total. The first kappa shape index (κ1) is 14.7. The minimum absolute atomic E-state index is 0.104. The second-order valence-corrected chi connectivity index (χ2v) is 3.46. The van der Waals surface area contributed by atoms with E-state index in [2.05, 4.69) is 15.3 Å². The van der Waals surface area contributed by atoms with Crippen molar-refractivity contribution in [2.24, 2.45) is 5.10 Å². The zero-order chi connectivity index (χ0) is 14.1. The van der Waals surface area contributed by atoms with E-state index in [4.69, 9.17) is 4.74 Å². The summed E-state index contributed by atoms with van der Waals surface area (Å²) >= 11 is 0. The number of hydrazone groups is 1. The van der Waals surface area contributed by atoms with Gasteiger partial charge in [0.1, 0.15) is 6.54 Å². The van der Waals surface area contributed by atoms with Crippen LogP contribution in [0.15, 0.2) is 35.4 Å². The average Bonchev–Trinajstić information content (AvgIpc) is 2.44. The number of carbonyl (C=O) groups is 2. The van der Waals surface area contributed by atoms with E-state index in [0.717, 1.165) is 0 Å². The molecule has 0 atom stereocenters. The Bertz CT molecular complexity index is 457. The van der Waals surface area contributed by atoms with Gasteiger partial charge in [-0.25, -0.2) is 4.79 Å². The third-order valence-corrected chi connectivity index (χ3v) is 2.15. The van der Waals surface area contributed by atoms with E-state index in [1.165, 1.54) is 7.11 Å². The summed E-state index contributed by atoms with van der Waals surface area (Å²) in [5.41, 5.74) is 3.20. The minimum atomic E-state index is -0.581. The van der Waals surface area contributed by atoms with Crippen molar-refractivity contribution in [1.82, 2.24) is 5.43 Å². The Morgan fingerprint density at radius 1 is 1.26 bits per heavy atom. The quantitative estimate of drug-likeness (QED) is 0.465. The van der Waals surface area contributed by atoms with Crippen molar-refractivity contribution >= 4 is 17.7 Å². The average molecular weight is 264 g/mol. The normalized spacial score (nSPS) is 10.7. The maximum atomic E-state index is 11.6. The van der Waals surface area contributed by atoms with Crippen LogP contribution in [0.2, 0.25) is 0 Å². The molecule has 102 valence electrons. The molecule has 1 N–H and O–H groups in total. The standard InChI is InChI=1S/C13H16N2O4/c1-3-19-11(16)9-14-15-12(13(17)18-2)10-7-5-4-6-8-10/h4-8,14H,3,9H2,1-2H3/b15-12-. The molecular weight excluding hydrogens is 248 g/mol. The van der Waals surface area contributed by atoms with Crippen LogP contribution in [-0.2, 0) is 19.1 Å². The van der Waals surface area contributed by atoms with Gasteiger partial charge in [0, 0.05) is 5.56 Å². The highest BCUT2D eigenvalue weighted by Crippen LogP contribution is 2.02. The number of rotatable bonds is 6. The van der Waals surface area contributed by atoms with Gasteiger partial charge in [-0.15, -0.1) is 0 Å². The Hall–Kier alpha value is -2.37. The molecule has 1 aromatic carbocycles. The number of benzene rings is 1. The smallest absolute Gasteiger partial charge is 0.359 e. The van der Waals surface area contributed by atoms with Crippen LogP contribution in [0.1, 0.15) is 12.5 Å². The van der Waals surface area contributed by atoms with Crippen LogP contribution in [0.4, 0.5) is 0 Å². The molecule has 0 saturated heterocycles. The number of nitrogens with zero attached hydrogens (tertiary/aromatic N) is 1. The zero-order valence-corrected chi connectivity index (χ0v) is 10.9. The fourth-order valence-electron chi connectivity index (χ4n) is 1.32. The highest BCUT2D eigenvalue weighted by Gasteiger charge is 2.14. The number of hydrogen-bond donors (Lipinski definition) is 1. The molecule has 0 unspecified atom stereocenters. The summed E-state index contributed by atoms with van der Waals surface area (Å²) < 4.78 is 9.38. The van der Waals surface area contributed by atoms with Crippen molar-refractivity contribution in [2.45, 2.75) is 6.92 Å². The molecule has 0 aliphatic heterocycles. The number of nitrogens with one attached hydrogen (secondary N) is 1. The van der Waals surface area contributed by atoms with Crippen molar-refractivity contribution in [3.05, 3.63) is 35.9 Å². The van der Waals surface area contributed by atoms with Crippen LogP contribution in [0, 0.1) is 0 Å².